The van der Waals surface area contributed by atoms with Crippen molar-refractivity contribution in [1.82, 2.24) is 9.97 Å². The number of pyridine rings is 1. The molecule has 0 aliphatic heterocycles. The minimum Gasteiger partial charge on any atom is -0.469 e. The lowest BCUT2D eigenvalue weighted by molar-refractivity contribution is -0.384. The van der Waals surface area contributed by atoms with Gasteiger partial charge in [-0.2, -0.15) is 0 Å². The van der Waals surface area contributed by atoms with Crippen LogP contribution in [0.3, 0.4) is 0 Å². The van der Waals surface area contributed by atoms with E-state index in [2.05, 4.69) is 14.7 Å². The molecule has 3 rings (SSSR count). The summed E-state index contributed by atoms with van der Waals surface area (Å²) in [5, 5.41) is 11.9. The number of rotatable bonds is 3. The molecule has 0 saturated carbocycles. The molecular formula is C14H11N3O5. The Labute approximate surface area is 122 Å². The third-order valence-corrected chi connectivity index (χ3v) is 3.48. The van der Waals surface area contributed by atoms with Gasteiger partial charge in [0.2, 0.25) is 0 Å². The lowest BCUT2D eigenvalue weighted by Gasteiger charge is -2.02. The summed E-state index contributed by atoms with van der Waals surface area (Å²) in [6.45, 7) is 0. The van der Waals surface area contributed by atoms with Crippen molar-refractivity contribution < 1.29 is 14.5 Å². The molecule has 0 atom stereocenters. The Hall–Kier alpha value is -3.16. The molecular weight excluding hydrogens is 290 g/mol. The molecule has 0 fully saturated rings. The molecule has 0 saturated heterocycles. The Balaban J connectivity index is 2.37. The summed E-state index contributed by atoms with van der Waals surface area (Å²) < 4.78 is 4.63. The summed E-state index contributed by atoms with van der Waals surface area (Å²) in [4.78, 5) is 39.3. The summed E-state index contributed by atoms with van der Waals surface area (Å²) in [5.74, 6) is -0.465. The second-order valence-electron chi connectivity index (χ2n) is 4.76. The van der Waals surface area contributed by atoms with Gasteiger partial charge in [0.15, 0.2) is 0 Å². The summed E-state index contributed by atoms with van der Waals surface area (Å²) in [6, 6.07) is 4.27. The molecule has 0 aliphatic carbocycles. The maximum Gasteiger partial charge on any atom is 0.310 e. The van der Waals surface area contributed by atoms with Crippen LogP contribution in [0.5, 0.6) is 0 Å². The van der Waals surface area contributed by atoms with Crippen molar-refractivity contribution in [2.45, 2.75) is 6.42 Å². The van der Waals surface area contributed by atoms with Gasteiger partial charge in [0, 0.05) is 34.6 Å². The number of aromatic nitrogens is 2. The number of esters is 1. The van der Waals surface area contributed by atoms with Crippen LogP contribution in [0.15, 0.2) is 29.2 Å². The van der Waals surface area contributed by atoms with Crippen LogP contribution >= 0.6 is 0 Å². The highest BCUT2D eigenvalue weighted by atomic mass is 16.6. The van der Waals surface area contributed by atoms with Gasteiger partial charge in [-0.25, -0.2) is 0 Å². The number of nitro groups is 1. The molecule has 2 heterocycles. The first-order chi connectivity index (χ1) is 10.5. The number of ether oxygens (including phenoxy) is 1. The van der Waals surface area contributed by atoms with Crippen LogP contribution in [-0.2, 0) is 16.0 Å². The number of methoxy groups -OCH3 is 1. The number of hydrogen-bond acceptors (Lipinski definition) is 5. The number of fused-ring (bicyclic) bond motifs is 3. The molecule has 3 aromatic rings. The quantitative estimate of drug-likeness (QED) is 0.433. The summed E-state index contributed by atoms with van der Waals surface area (Å²) in [6.07, 6.45) is 1.38. The Bertz CT molecular complexity index is 970. The second-order valence-corrected chi connectivity index (χ2v) is 4.76. The molecule has 1 aromatic carbocycles. The number of carbonyl (C=O) groups is 1. The van der Waals surface area contributed by atoms with Crippen molar-refractivity contribution in [3.63, 3.8) is 0 Å². The predicted octanol–water partition coefficient (Wildman–Crippen LogP) is 1.63. The fraction of sp³-hybridized carbons (Fsp3) is 0.143. The highest BCUT2D eigenvalue weighted by molar-refractivity contribution is 6.09. The monoisotopic (exact) mass is 301 g/mol. The molecule has 0 radical (unpaired) electrons. The number of nitrogens with one attached hydrogen (secondary N) is 2. The first kappa shape index (κ1) is 13.8. The van der Waals surface area contributed by atoms with Gasteiger partial charge in [-0.05, 0) is 11.6 Å². The number of nitrogens with zero attached hydrogens (tertiary/aromatic N) is 1. The number of hydrogen-bond donors (Lipinski definition) is 2. The lowest BCUT2D eigenvalue weighted by Crippen LogP contribution is -2.10. The van der Waals surface area contributed by atoms with Crippen LogP contribution in [0, 0.1) is 10.1 Å². The van der Waals surface area contributed by atoms with E-state index in [9.17, 15) is 19.7 Å². The highest BCUT2D eigenvalue weighted by Crippen LogP contribution is 2.29. The maximum absolute atomic E-state index is 11.9. The minimum atomic E-state index is -0.509. The van der Waals surface area contributed by atoms with Crippen LogP contribution in [0.2, 0.25) is 0 Å². The Morgan fingerprint density at radius 2 is 2.18 bits per heavy atom. The SMILES string of the molecule is COC(=O)Cc1c[nH]c(=O)c2[nH]c3ccc([N+](=O)[O-])cc3c12. The van der Waals surface area contributed by atoms with E-state index in [0.717, 1.165) is 0 Å². The number of carbonyl (C=O) groups excluding carboxylic acids is 1. The molecule has 0 spiro atoms. The van der Waals surface area contributed by atoms with Crippen LogP contribution < -0.4 is 5.56 Å². The van der Waals surface area contributed by atoms with E-state index in [1.54, 1.807) is 0 Å². The predicted molar refractivity (Wildman–Crippen MR) is 78.8 cm³/mol. The number of H-pyrrole nitrogens is 2. The van der Waals surface area contributed by atoms with Gasteiger partial charge in [0.25, 0.3) is 11.2 Å². The average molecular weight is 301 g/mol. The standard InChI is InChI=1S/C14H11N3O5/c1-22-11(18)4-7-6-15-14(19)13-12(7)9-5-8(17(20)21)2-3-10(9)16-13/h2-3,5-6,16H,4H2,1H3,(H,15,19). The normalized spacial score (nSPS) is 11.0. The highest BCUT2D eigenvalue weighted by Gasteiger charge is 2.17. The van der Waals surface area contributed by atoms with Gasteiger partial charge in [-0.1, -0.05) is 0 Å². The first-order valence-electron chi connectivity index (χ1n) is 6.38. The average Bonchev–Trinajstić information content (AvgIpc) is 2.89. The largest absolute Gasteiger partial charge is 0.469 e. The van der Waals surface area contributed by atoms with Crippen molar-refractivity contribution in [2.75, 3.05) is 7.11 Å². The Morgan fingerprint density at radius 1 is 1.41 bits per heavy atom. The van der Waals surface area contributed by atoms with Crippen molar-refractivity contribution in [3.05, 3.63) is 50.4 Å². The van der Waals surface area contributed by atoms with E-state index >= 15 is 0 Å². The number of nitro benzene ring substituents is 1. The van der Waals surface area contributed by atoms with Crippen molar-refractivity contribution >= 4 is 33.5 Å². The fourth-order valence-electron chi connectivity index (χ4n) is 2.46. The zero-order valence-corrected chi connectivity index (χ0v) is 11.5. The van der Waals surface area contributed by atoms with Crippen molar-refractivity contribution in [3.8, 4) is 0 Å². The van der Waals surface area contributed by atoms with E-state index < -0.39 is 10.9 Å². The van der Waals surface area contributed by atoms with Crippen LogP contribution in [0.25, 0.3) is 21.8 Å². The molecule has 112 valence electrons. The topological polar surface area (TPSA) is 118 Å². The van der Waals surface area contributed by atoms with Crippen LogP contribution in [0.1, 0.15) is 5.56 Å². The molecule has 2 N–H and O–H groups in total. The summed E-state index contributed by atoms with van der Waals surface area (Å²) >= 11 is 0. The van der Waals surface area contributed by atoms with Gasteiger partial charge < -0.3 is 14.7 Å². The third kappa shape index (κ3) is 2.10. The van der Waals surface area contributed by atoms with Gasteiger partial charge in [-0.15, -0.1) is 0 Å². The number of benzene rings is 1. The van der Waals surface area contributed by atoms with E-state index in [4.69, 9.17) is 0 Å². The molecule has 0 unspecified atom stereocenters. The van der Waals surface area contributed by atoms with Crippen LogP contribution in [0.4, 0.5) is 5.69 Å². The van der Waals surface area contributed by atoms with E-state index in [0.29, 0.717) is 21.9 Å². The fourth-order valence-corrected chi connectivity index (χ4v) is 2.46. The van der Waals surface area contributed by atoms with Gasteiger partial charge in [0.05, 0.1) is 18.5 Å². The molecule has 0 amide bonds. The van der Waals surface area contributed by atoms with E-state index in [-0.39, 0.29) is 23.2 Å². The Kier molecular flexibility index (Phi) is 3.13. The van der Waals surface area contributed by atoms with Crippen LogP contribution in [-0.4, -0.2) is 28.0 Å². The summed E-state index contributed by atoms with van der Waals surface area (Å²) in [7, 11) is 1.27. The zero-order valence-electron chi connectivity index (χ0n) is 11.5. The Morgan fingerprint density at radius 3 is 2.86 bits per heavy atom. The minimum absolute atomic E-state index is 0.0422. The zero-order chi connectivity index (χ0) is 15.9. The lowest BCUT2D eigenvalue weighted by atomic mass is 10.1. The second kappa shape index (κ2) is 4.99. The summed E-state index contributed by atoms with van der Waals surface area (Å²) in [5.41, 5.74) is 0.952. The number of aromatic amines is 2. The van der Waals surface area contributed by atoms with Crippen molar-refractivity contribution in [2.24, 2.45) is 0 Å². The van der Waals surface area contributed by atoms with Gasteiger partial charge >= 0.3 is 5.97 Å². The number of non-ortho nitro benzene ring substituents is 1. The van der Waals surface area contributed by atoms with E-state index in [1.807, 2.05) is 0 Å². The molecule has 8 nitrogen and oxygen atoms in total. The van der Waals surface area contributed by atoms with Gasteiger partial charge in [-0.3, -0.25) is 19.7 Å². The molecule has 0 aliphatic rings. The molecule has 2 aromatic heterocycles. The van der Waals surface area contributed by atoms with Crippen molar-refractivity contribution in [1.29, 1.82) is 0 Å². The third-order valence-electron chi connectivity index (χ3n) is 3.48. The van der Waals surface area contributed by atoms with Gasteiger partial charge in [0.1, 0.15) is 5.52 Å². The molecule has 22 heavy (non-hydrogen) atoms. The molecule has 8 heteroatoms. The first-order valence-corrected chi connectivity index (χ1v) is 6.38. The van der Waals surface area contributed by atoms with E-state index in [1.165, 1.54) is 31.5 Å². The molecule has 0 bridgehead atoms. The smallest absolute Gasteiger partial charge is 0.310 e. The maximum atomic E-state index is 11.9.